The quantitative estimate of drug-likeness (QED) is 0.556. The van der Waals surface area contributed by atoms with Crippen LogP contribution in [0.2, 0.25) is 30.7 Å². The molecule has 0 aliphatic heterocycles. The molecule has 0 amide bonds. The van der Waals surface area contributed by atoms with Crippen molar-refractivity contribution in [3.63, 3.8) is 0 Å². The SMILES string of the molecule is Cc1cccc(Cl)c1[CH]OCC[Si](C)(C)C. The number of ether oxygens (including phenoxy) is 1. The molecule has 16 heavy (non-hydrogen) atoms. The summed E-state index contributed by atoms with van der Waals surface area (Å²) in [5.41, 5.74) is 2.15. The van der Waals surface area contributed by atoms with Gasteiger partial charge in [0, 0.05) is 25.3 Å². The van der Waals surface area contributed by atoms with Crippen molar-refractivity contribution in [1.82, 2.24) is 0 Å². The van der Waals surface area contributed by atoms with E-state index in [2.05, 4.69) is 19.6 Å². The second-order valence-electron chi connectivity index (χ2n) is 5.27. The summed E-state index contributed by atoms with van der Waals surface area (Å²) in [6, 6.07) is 7.06. The molecule has 1 nitrogen and oxygen atoms in total. The Labute approximate surface area is 105 Å². The van der Waals surface area contributed by atoms with Crippen LogP contribution in [0.5, 0.6) is 0 Å². The highest BCUT2D eigenvalue weighted by Gasteiger charge is 2.12. The van der Waals surface area contributed by atoms with Gasteiger partial charge in [-0.2, -0.15) is 0 Å². The summed E-state index contributed by atoms with van der Waals surface area (Å²) in [6.45, 7) is 11.7. The molecule has 0 unspecified atom stereocenters. The lowest BCUT2D eigenvalue weighted by Crippen LogP contribution is -2.21. The van der Waals surface area contributed by atoms with Crippen LogP contribution in [0.25, 0.3) is 0 Å². The molecule has 0 atom stereocenters. The monoisotopic (exact) mass is 255 g/mol. The van der Waals surface area contributed by atoms with E-state index < -0.39 is 8.07 Å². The maximum atomic E-state index is 6.10. The third-order valence-electron chi connectivity index (χ3n) is 2.44. The van der Waals surface area contributed by atoms with Gasteiger partial charge in [-0.05, 0) is 24.6 Å². The van der Waals surface area contributed by atoms with Gasteiger partial charge < -0.3 is 4.74 Å². The molecule has 0 N–H and O–H groups in total. The van der Waals surface area contributed by atoms with E-state index in [4.69, 9.17) is 16.3 Å². The third-order valence-corrected chi connectivity index (χ3v) is 4.48. The van der Waals surface area contributed by atoms with Crippen LogP contribution in [-0.4, -0.2) is 14.7 Å². The normalized spacial score (nSPS) is 11.8. The van der Waals surface area contributed by atoms with Crippen LogP contribution in [0.4, 0.5) is 0 Å². The number of aryl methyl sites for hydroxylation is 1. The second-order valence-corrected chi connectivity index (χ2v) is 11.3. The molecule has 0 saturated carbocycles. The molecular weight excluding hydrogens is 236 g/mol. The Hall–Kier alpha value is -0.313. The molecule has 1 aromatic rings. The molecule has 0 spiro atoms. The zero-order valence-electron chi connectivity index (χ0n) is 10.5. The van der Waals surface area contributed by atoms with Crippen LogP contribution in [0.1, 0.15) is 11.1 Å². The predicted molar refractivity (Wildman–Crippen MR) is 73.7 cm³/mol. The van der Waals surface area contributed by atoms with E-state index in [9.17, 15) is 0 Å². The van der Waals surface area contributed by atoms with E-state index in [1.165, 1.54) is 6.04 Å². The first-order valence-electron chi connectivity index (χ1n) is 5.60. The van der Waals surface area contributed by atoms with Gasteiger partial charge in [0.2, 0.25) is 0 Å². The maximum Gasteiger partial charge on any atom is 0.115 e. The summed E-state index contributed by atoms with van der Waals surface area (Å²) in [4.78, 5) is 0. The summed E-state index contributed by atoms with van der Waals surface area (Å²) in [5.74, 6) is 0. The Kier molecular flexibility index (Phi) is 5.03. The minimum absolute atomic E-state index is 0.757. The summed E-state index contributed by atoms with van der Waals surface area (Å²) >= 11 is 6.10. The fourth-order valence-corrected chi connectivity index (χ4v) is 2.30. The Morgan fingerprint density at radius 1 is 1.31 bits per heavy atom. The van der Waals surface area contributed by atoms with E-state index in [0.717, 1.165) is 22.8 Å². The third kappa shape index (κ3) is 4.68. The van der Waals surface area contributed by atoms with E-state index in [1.807, 2.05) is 25.1 Å². The smallest absolute Gasteiger partial charge is 0.115 e. The molecule has 0 bridgehead atoms. The van der Waals surface area contributed by atoms with Crippen LogP contribution in [-0.2, 0) is 4.74 Å². The van der Waals surface area contributed by atoms with E-state index in [-0.39, 0.29) is 0 Å². The molecule has 0 fully saturated rings. The van der Waals surface area contributed by atoms with Gasteiger partial charge in [0.25, 0.3) is 0 Å². The van der Waals surface area contributed by atoms with Crippen molar-refractivity contribution in [2.24, 2.45) is 0 Å². The van der Waals surface area contributed by atoms with Gasteiger partial charge in [-0.15, -0.1) is 0 Å². The first-order valence-corrected chi connectivity index (χ1v) is 9.68. The lowest BCUT2D eigenvalue weighted by molar-refractivity contribution is 0.228. The van der Waals surface area contributed by atoms with Crippen molar-refractivity contribution >= 4 is 19.7 Å². The maximum absolute atomic E-state index is 6.10. The zero-order valence-corrected chi connectivity index (χ0v) is 12.3. The fraction of sp³-hybridized carbons (Fsp3) is 0.462. The lowest BCUT2D eigenvalue weighted by atomic mass is 10.1. The number of hydrogen-bond acceptors (Lipinski definition) is 1. The van der Waals surface area contributed by atoms with Gasteiger partial charge in [0.05, 0.1) is 0 Å². The highest BCUT2D eigenvalue weighted by atomic mass is 35.5. The van der Waals surface area contributed by atoms with Crippen molar-refractivity contribution in [1.29, 1.82) is 0 Å². The van der Waals surface area contributed by atoms with Crippen LogP contribution in [0, 0.1) is 13.5 Å². The van der Waals surface area contributed by atoms with Crippen LogP contribution in [0.3, 0.4) is 0 Å². The van der Waals surface area contributed by atoms with Gasteiger partial charge >= 0.3 is 0 Å². The van der Waals surface area contributed by atoms with Gasteiger partial charge in [0.1, 0.15) is 6.61 Å². The number of rotatable bonds is 5. The Bertz CT molecular complexity index is 324. The summed E-state index contributed by atoms with van der Waals surface area (Å²) in [5, 5.41) is 0.757. The van der Waals surface area contributed by atoms with E-state index >= 15 is 0 Å². The highest BCUT2D eigenvalue weighted by molar-refractivity contribution is 6.76. The molecule has 3 heteroatoms. The van der Waals surface area contributed by atoms with Crippen molar-refractivity contribution in [3.8, 4) is 0 Å². The second kappa shape index (κ2) is 5.85. The minimum atomic E-state index is -1.00. The minimum Gasteiger partial charge on any atom is -0.371 e. The first kappa shape index (κ1) is 13.8. The van der Waals surface area contributed by atoms with Gasteiger partial charge in [0.15, 0.2) is 0 Å². The molecule has 1 aromatic carbocycles. The van der Waals surface area contributed by atoms with Crippen molar-refractivity contribution < 1.29 is 4.74 Å². The molecule has 0 aliphatic rings. The first-order chi connectivity index (χ1) is 7.40. The number of hydrogen-bond donors (Lipinski definition) is 0. The topological polar surface area (TPSA) is 9.23 Å². The Balaban J connectivity index is 2.43. The Morgan fingerprint density at radius 3 is 2.56 bits per heavy atom. The van der Waals surface area contributed by atoms with Crippen LogP contribution >= 0.6 is 11.6 Å². The molecule has 0 saturated heterocycles. The molecule has 89 valence electrons. The summed E-state index contributed by atoms with van der Waals surface area (Å²) in [6.07, 6.45) is 0. The number of halogens is 1. The lowest BCUT2D eigenvalue weighted by Gasteiger charge is -2.15. The summed E-state index contributed by atoms with van der Waals surface area (Å²) in [7, 11) is -1.00. The Morgan fingerprint density at radius 2 is 2.00 bits per heavy atom. The molecule has 1 radical (unpaired) electrons. The van der Waals surface area contributed by atoms with Crippen molar-refractivity contribution in [2.45, 2.75) is 32.6 Å². The van der Waals surface area contributed by atoms with Crippen LogP contribution in [0.15, 0.2) is 18.2 Å². The van der Waals surface area contributed by atoms with E-state index in [0.29, 0.717) is 0 Å². The molecular formula is C13H20ClOSi. The summed E-state index contributed by atoms with van der Waals surface area (Å²) < 4.78 is 5.58. The molecule has 0 aliphatic carbocycles. The van der Waals surface area contributed by atoms with Gasteiger partial charge in [-0.3, -0.25) is 0 Å². The van der Waals surface area contributed by atoms with Gasteiger partial charge in [-0.1, -0.05) is 43.4 Å². The van der Waals surface area contributed by atoms with Crippen molar-refractivity contribution in [3.05, 3.63) is 41.0 Å². The average Bonchev–Trinajstić information content (AvgIpc) is 2.14. The standard InChI is InChI=1S/C13H20ClOSi/c1-11-6-5-7-13(14)12(11)10-15-8-9-16(2,3)4/h5-7,10H,8-9H2,1-4H3. The predicted octanol–water partition coefficient (Wildman–Crippen LogP) is 4.51. The van der Waals surface area contributed by atoms with E-state index in [1.54, 1.807) is 6.61 Å². The highest BCUT2D eigenvalue weighted by Crippen LogP contribution is 2.21. The van der Waals surface area contributed by atoms with Crippen molar-refractivity contribution in [2.75, 3.05) is 6.61 Å². The largest absolute Gasteiger partial charge is 0.371 e. The van der Waals surface area contributed by atoms with Gasteiger partial charge in [-0.25, -0.2) is 0 Å². The molecule has 1 rings (SSSR count). The fourth-order valence-electron chi connectivity index (χ4n) is 1.30. The molecule has 0 aromatic heterocycles. The van der Waals surface area contributed by atoms with Crippen LogP contribution < -0.4 is 0 Å². The zero-order chi connectivity index (χ0) is 12.2. The average molecular weight is 256 g/mol. The number of benzene rings is 1. The molecule has 0 heterocycles.